The Bertz CT molecular complexity index is 1160. The summed E-state index contributed by atoms with van der Waals surface area (Å²) in [6.45, 7) is 1.91. The maximum absolute atomic E-state index is 12.6. The lowest BCUT2D eigenvalue weighted by atomic mass is 10.2. The molecule has 7 heteroatoms. The van der Waals surface area contributed by atoms with E-state index in [1.54, 1.807) is 12.1 Å². The van der Waals surface area contributed by atoms with Crippen molar-refractivity contribution in [3.8, 4) is 5.69 Å². The van der Waals surface area contributed by atoms with Gasteiger partial charge in [-0.25, -0.2) is 9.48 Å². The van der Waals surface area contributed by atoms with Crippen LogP contribution >= 0.6 is 11.3 Å². The van der Waals surface area contributed by atoms with Crippen LogP contribution in [-0.4, -0.2) is 26.8 Å². The number of carboxylic acids is 1. The number of nitrogens with one attached hydrogen (secondary N) is 1. The van der Waals surface area contributed by atoms with Crippen LogP contribution in [0.3, 0.4) is 0 Å². The van der Waals surface area contributed by atoms with E-state index in [1.165, 1.54) is 23.5 Å². The third-order valence-corrected chi connectivity index (χ3v) is 5.25. The smallest absolute Gasteiger partial charge is 0.335 e. The minimum atomic E-state index is -1.04. The van der Waals surface area contributed by atoms with Crippen LogP contribution in [0.15, 0.2) is 60.7 Å². The van der Waals surface area contributed by atoms with Crippen LogP contribution in [0.2, 0.25) is 0 Å². The first-order valence-corrected chi connectivity index (χ1v) is 9.04. The van der Waals surface area contributed by atoms with Crippen molar-refractivity contribution in [2.45, 2.75) is 6.92 Å². The number of nitrogens with zero attached hydrogens (tertiary/aromatic N) is 2. The van der Waals surface area contributed by atoms with Gasteiger partial charge in [-0.05, 0) is 43.3 Å². The first kappa shape index (κ1) is 17.0. The molecule has 0 saturated carbocycles. The fourth-order valence-electron chi connectivity index (χ4n) is 2.83. The molecule has 2 heterocycles. The molecule has 0 fully saturated rings. The van der Waals surface area contributed by atoms with Crippen LogP contribution in [0, 0.1) is 6.92 Å². The van der Waals surface area contributed by atoms with Gasteiger partial charge < -0.3 is 10.4 Å². The molecular formula is C20H15N3O3S. The highest BCUT2D eigenvalue weighted by molar-refractivity contribution is 7.20. The summed E-state index contributed by atoms with van der Waals surface area (Å²) in [5.41, 5.74) is 2.34. The number of aromatic carboxylic acids is 1. The molecule has 6 nitrogen and oxygen atoms in total. The lowest BCUT2D eigenvalue weighted by Gasteiger charge is -2.04. The molecule has 0 spiro atoms. The number of rotatable bonds is 4. The zero-order chi connectivity index (χ0) is 19.0. The summed E-state index contributed by atoms with van der Waals surface area (Å²) in [5, 5.41) is 17.3. The molecule has 2 N–H and O–H groups in total. The molecule has 4 rings (SSSR count). The minimum Gasteiger partial charge on any atom is -0.478 e. The maximum Gasteiger partial charge on any atom is 0.335 e. The molecule has 2 aromatic carbocycles. The van der Waals surface area contributed by atoms with Crippen LogP contribution in [0.25, 0.3) is 15.9 Å². The molecule has 134 valence electrons. The van der Waals surface area contributed by atoms with Crippen molar-refractivity contribution >= 4 is 39.1 Å². The summed E-state index contributed by atoms with van der Waals surface area (Å²) in [6.07, 6.45) is 0. The summed E-state index contributed by atoms with van der Waals surface area (Å²) >= 11 is 1.35. The molecule has 0 aliphatic heterocycles. The number of aryl methyl sites for hydroxylation is 1. The van der Waals surface area contributed by atoms with Gasteiger partial charge >= 0.3 is 5.97 Å². The Hall–Kier alpha value is -3.45. The standard InChI is InChI=1S/C20H15N3O3S/c1-12-16-11-17(18(24)21-14-7-5-6-13(10-14)20(25)26)27-19(16)23(22-12)15-8-3-2-4-9-15/h2-11H,1H3,(H,21,24)(H,25,26). The Morgan fingerprint density at radius 1 is 1.07 bits per heavy atom. The highest BCUT2D eigenvalue weighted by atomic mass is 32.1. The lowest BCUT2D eigenvalue weighted by Crippen LogP contribution is -2.10. The van der Waals surface area contributed by atoms with Gasteiger partial charge in [-0.15, -0.1) is 11.3 Å². The summed E-state index contributed by atoms with van der Waals surface area (Å²) in [7, 11) is 0. The van der Waals surface area contributed by atoms with Gasteiger partial charge in [-0.3, -0.25) is 4.79 Å². The number of para-hydroxylation sites is 1. The van der Waals surface area contributed by atoms with E-state index in [9.17, 15) is 9.59 Å². The molecule has 0 saturated heterocycles. The Labute approximate surface area is 158 Å². The SMILES string of the molecule is Cc1nn(-c2ccccc2)c2sc(C(=O)Nc3cccc(C(=O)O)c3)cc12. The third-order valence-electron chi connectivity index (χ3n) is 4.14. The van der Waals surface area contributed by atoms with E-state index in [1.807, 2.05) is 48.0 Å². The quantitative estimate of drug-likeness (QED) is 0.554. The van der Waals surface area contributed by atoms with Gasteiger partial charge in [0.05, 0.1) is 21.8 Å². The Balaban J connectivity index is 1.67. The average molecular weight is 377 g/mol. The van der Waals surface area contributed by atoms with E-state index in [0.29, 0.717) is 10.6 Å². The highest BCUT2D eigenvalue weighted by Crippen LogP contribution is 2.30. The first-order valence-electron chi connectivity index (χ1n) is 8.22. The molecule has 4 aromatic rings. The summed E-state index contributed by atoms with van der Waals surface area (Å²) < 4.78 is 1.83. The maximum atomic E-state index is 12.6. The van der Waals surface area contributed by atoms with Gasteiger partial charge in [-0.2, -0.15) is 5.10 Å². The number of aromatic nitrogens is 2. The van der Waals surface area contributed by atoms with Crippen LogP contribution in [0.5, 0.6) is 0 Å². The van der Waals surface area contributed by atoms with E-state index in [-0.39, 0.29) is 11.5 Å². The minimum absolute atomic E-state index is 0.125. The molecule has 0 unspecified atom stereocenters. The van der Waals surface area contributed by atoms with E-state index in [0.717, 1.165) is 21.6 Å². The monoisotopic (exact) mass is 377 g/mol. The molecule has 0 aliphatic carbocycles. The van der Waals surface area contributed by atoms with Gasteiger partial charge in [0.25, 0.3) is 5.91 Å². The molecule has 27 heavy (non-hydrogen) atoms. The van der Waals surface area contributed by atoms with Crippen molar-refractivity contribution in [1.29, 1.82) is 0 Å². The number of hydrogen-bond donors (Lipinski definition) is 2. The van der Waals surface area contributed by atoms with Gasteiger partial charge in [0, 0.05) is 11.1 Å². The van der Waals surface area contributed by atoms with Crippen molar-refractivity contribution in [2.24, 2.45) is 0 Å². The summed E-state index contributed by atoms with van der Waals surface area (Å²) in [6, 6.07) is 17.7. The molecule has 0 bridgehead atoms. The zero-order valence-electron chi connectivity index (χ0n) is 14.3. The number of hydrogen-bond acceptors (Lipinski definition) is 4. The van der Waals surface area contributed by atoms with Gasteiger partial charge in [-0.1, -0.05) is 24.3 Å². The van der Waals surface area contributed by atoms with Crippen LogP contribution in [-0.2, 0) is 0 Å². The number of fused-ring (bicyclic) bond motifs is 1. The number of thiophene rings is 1. The number of amides is 1. The fraction of sp³-hybridized carbons (Fsp3) is 0.0500. The van der Waals surface area contributed by atoms with Crippen molar-refractivity contribution in [3.05, 3.63) is 76.8 Å². The Morgan fingerprint density at radius 3 is 2.59 bits per heavy atom. The van der Waals surface area contributed by atoms with Crippen LogP contribution in [0.1, 0.15) is 25.7 Å². The molecule has 2 aromatic heterocycles. The number of carbonyl (C=O) groups excluding carboxylic acids is 1. The lowest BCUT2D eigenvalue weighted by molar-refractivity contribution is 0.0696. The second-order valence-corrected chi connectivity index (χ2v) is 7.03. The predicted octanol–water partition coefficient (Wildman–Crippen LogP) is 4.35. The summed E-state index contributed by atoms with van der Waals surface area (Å²) in [4.78, 5) is 25.2. The number of anilines is 1. The third kappa shape index (κ3) is 3.20. The van der Waals surface area contributed by atoms with Crippen LogP contribution < -0.4 is 5.32 Å². The van der Waals surface area contributed by atoms with E-state index in [2.05, 4.69) is 10.4 Å². The second kappa shape index (κ2) is 6.69. The normalized spacial score (nSPS) is 10.9. The first-order chi connectivity index (χ1) is 13.0. The number of carbonyl (C=O) groups is 2. The van der Waals surface area contributed by atoms with E-state index < -0.39 is 5.97 Å². The number of benzene rings is 2. The molecule has 1 amide bonds. The van der Waals surface area contributed by atoms with Crippen LogP contribution in [0.4, 0.5) is 5.69 Å². The van der Waals surface area contributed by atoms with Crippen molar-refractivity contribution in [2.75, 3.05) is 5.32 Å². The summed E-state index contributed by atoms with van der Waals surface area (Å²) in [5.74, 6) is -1.32. The largest absolute Gasteiger partial charge is 0.478 e. The molecule has 0 radical (unpaired) electrons. The van der Waals surface area contributed by atoms with Gasteiger partial charge in [0.2, 0.25) is 0 Å². The van der Waals surface area contributed by atoms with E-state index >= 15 is 0 Å². The topological polar surface area (TPSA) is 84.2 Å². The fourth-order valence-corrected chi connectivity index (χ4v) is 3.90. The second-order valence-electron chi connectivity index (χ2n) is 6.00. The highest BCUT2D eigenvalue weighted by Gasteiger charge is 2.17. The van der Waals surface area contributed by atoms with Crippen molar-refractivity contribution in [3.63, 3.8) is 0 Å². The Morgan fingerprint density at radius 2 is 1.85 bits per heavy atom. The van der Waals surface area contributed by atoms with Gasteiger partial charge in [0.1, 0.15) is 4.83 Å². The number of carboxylic acid groups (broad SMARTS) is 1. The van der Waals surface area contributed by atoms with Crippen molar-refractivity contribution in [1.82, 2.24) is 9.78 Å². The van der Waals surface area contributed by atoms with E-state index in [4.69, 9.17) is 5.11 Å². The van der Waals surface area contributed by atoms with Gasteiger partial charge in [0.15, 0.2) is 0 Å². The molecule has 0 atom stereocenters. The molecular weight excluding hydrogens is 362 g/mol. The predicted molar refractivity (Wildman–Crippen MR) is 105 cm³/mol. The van der Waals surface area contributed by atoms with Crippen molar-refractivity contribution < 1.29 is 14.7 Å². The molecule has 0 aliphatic rings. The Kier molecular flexibility index (Phi) is 4.21. The zero-order valence-corrected chi connectivity index (χ0v) is 15.2. The average Bonchev–Trinajstić information content (AvgIpc) is 3.23.